The summed E-state index contributed by atoms with van der Waals surface area (Å²) in [6.45, 7) is 2.56. The van der Waals surface area contributed by atoms with Crippen molar-refractivity contribution in [3.8, 4) is 23.0 Å². The van der Waals surface area contributed by atoms with Gasteiger partial charge < -0.3 is 29.6 Å². The Morgan fingerprint density at radius 1 is 0.862 bits per heavy atom. The van der Waals surface area contributed by atoms with Crippen LogP contribution in [0.25, 0.3) is 0 Å². The molecule has 0 bridgehead atoms. The normalized spacial score (nSPS) is 10.2. The van der Waals surface area contributed by atoms with Crippen molar-refractivity contribution in [2.75, 3.05) is 38.6 Å². The van der Waals surface area contributed by atoms with Gasteiger partial charge in [-0.15, -0.1) is 5.10 Å². The molecule has 0 saturated heterocycles. The fourth-order valence-electron chi connectivity index (χ4n) is 2.65. The summed E-state index contributed by atoms with van der Waals surface area (Å²) < 4.78 is 21.5. The Labute approximate surface area is 169 Å². The Balaban J connectivity index is 1.77. The number of aromatic nitrogens is 3. The number of nitrogens with one attached hydrogen (secondary N) is 2. The zero-order chi connectivity index (χ0) is 20.6. The number of nitrogens with zero attached hydrogens (tertiary/aromatic N) is 3. The van der Waals surface area contributed by atoms with Crippen LogP contribution in [-0.4, -0.2) is 43.1 Å². The highest BCUT2D eigenvalue weighted by molar-refractivity contribution is 5.67. The molecular weight excluding hydrogens is 374 g/mol. The lowest BCUT2D eigenvalue weighted by Gasteiger charge is -2.15. The molecule has 1 heterocycles. The summed E-state index contributed by atoms with van der Waals surface area (Å²) in [7, 11) is 4.68. The van der Waals surface area contributed by atoms with E-state index in [0.29, 0.717) is 41.3 Å². The molecule has 0 unspecified atom stereocenters. The van der Waals surface area contributed by atoms with Gasteiger partial charge in [-0.25, -0.2) is 0 Å². The molecule has 1 aromatic heterocycles. The van der Waals surface area contributed by atoms with Gasteiger partial charge in [0.1, 0.15) is 5.75 Å². The van der Waals surface area contributed by atoms with Crippen LogP contribution in [0.1, 0.15) is 6.92 Å². The topological polar surface area (TPSA) is 99.7 Å². The van der Waals surface area contributed by atoms with E-state index in [0.717, 1.165) is 11.4 Å². The molecule has 0 aliphatic heterocycles. The average Bonchev–Trinajstić information content (AvgIpc) is 2.75. The molecule has 152 valence electrons. The quantitative estimate of drug-likeness (QED) is 0.558. The van der Waals surface area contributed by atoms with E-state index in [4.69, 9.17) is 18.9 Å². The van der Waals surface area contributed by atoms with Crippen molar-refractivity contribution in [2.45, 2.75) is 6.92 Å². The van der Waals surface area contributed by atoms with Gasteiger partial charge in [0.2, 0.25) is 11.7 Å². The fourth-order valence-corrected chi connectivity index (χ4v) is 2.65. The van der Waals surface area contributed by atoms with Crippen molar-refractivity contribution in [3.63, 3.8) is 0 Å². The van der Waals surface area contributed by atoms with Gasteiger partial charge in [0.15, 0.2) is 17.3 Å². The van der Waals surface area contributed by atoms with E-state index in [1.165, 1.54) is 6.20 Å². The zero-order valence-electron chi connectivity index (χ0n) is 16.7. The van der Waals surface area contributed by atoms with E-state index in [2.05, 4.69) is 25.8 Å². The molecule has 0 atom stereocenters. The molecule has 2 N–H and O–H groups in total. The maximum atomic E-state index is 5.44. The van der Waals surface area contributed by atoms with Crippen molar-refractivity contribution in [2.24, 2.45) is 0 Å². The molecule has 0 fully saturated rings. The summed E-state index contributed by atoms with van der Waals surface area (Å²) in [6, 6.07) is 11.1. The van der Waals surface area contributed by atoms with Crippen molar-refractivity contribution in [1.29, 1.82) is 0 Å². The van der Waals surface area contributed by atoms with Crippen molar-refractivity contribution < 1.29 is 18.9 Å². The third kappa shape index (κ3) is 4.95. The number of methoxy groups -OCH3 is 3. The number of rotatable bonds is 9. The number of hydrogen-bond acceptors (Lipinski definition) is 9. The van der Waals surface area contributed by atoms with Crippen LogP contribution >= 0.6 is 0 Å². The first-order valence-electron chi connectivity index (χ1n) is 8.93. The first-order valence-corrected chi connectivity index (χ1v) is 8.93. The van der Waals surface area contributed by atoms with Crippen LogP contribution in [0.5, 0.6) is 23.0 Å². The molecule has 29 heavy (non-hydrogen) atoms. The van der Waals surface area contributed by atoms with E-state index >= 15 is 0 Å². The minimum absolute atomic E-state index is 0.353. The molecule has 0 radical (unpaired) electrons. The van der Waals surface area contributed by atoms with Gasteiger partial charge >= 0.3 is 0 Å². The standard InChI is InChI=1S/C20H23N5O4/c1-5-29-15-8-6-13(7-9-15)23-20-24-18(12-21-25-20)22-14-10-16(26-2)19(28-4)17(11-14)27-3/h6-12H,5H2,1-4H3,(H2,22,23,24,25). The van der Waals surface area contributed by atoms with Gasteiger partial charge in [-0.2, -0.15) is 10.1 Å². The highest BCUT2D eigenvalue weighted by Gasteiger charge is 2.14. The summed E-state index contributed by atoms with van der Waals surface area (Å²) in [4.78, 5) is 4.44. The van der Waals surface area contributed by atoms with Gasteiger partial charge in [-0.1, -0.05) is 0 Å². The molecule has 9 heteroatoms. The highest BCUT2D eigenvalue weighted by atomic mass is 16.5. The molecule has 3 aromatic rings. The lowest BCUT2D eigenvalue weighted by molar-refractivity contribution is 0.324. The van der Waals surface area contributed by atoms with Gasteiger partial charge in [0, 0.05) is 23.5 Å². The zero-order valence-corrected chi connectivity index (χ0v) is 16.7. The van der Waals surface area contributed by atoms with E-state index < -0.39 is 0 Å². The summed E-state index contributed by atoms with van der Waals surface area (Å²) in [5.41, 5.74) is 1.52. The number of ether oxygens (including phenoxy) is 4. The van der Waals surface area contributed by atoms with Gasteiger partial charge in [0.05, 0.1) is 34.1 Å². The lowest BCUT2D eigenvalue weighted by atomic mass is 10.2. The van der Waals surface area contributed by atoms with Crippen LogP contribution in [0.3, 0.4) is 0 Å². The highest BCUT2D eigenvalue weighted by Crippen LogP contribution is 2.40. The Hall–Kier alpha value is -3.75. The third-order valence-electron chi connectivity index (χ3n) is 3.92. The average molecular weight is 397 g/mol. The number of benzene rings is 2. The van der Waals surface area contributed by atoms with E-state index in [-0.39, 0.29) is 0 Å². The maximum Gasteiger partial charge on any atom is 0.249 e. The number of anilines is 4. The molecule has 0 amide bonds. The molecule has 2 aromatic carbocycles. The molecule has 3 rings (SSSR count). The summed E-state index contributed by atoms with van der Waals surface area (Å²) in [5.74, 6) is 3.23. The maximum absolute atomic E-state index is 5.44. The third-order valence-corrected chi connectivity index (χ3v) is 3.92. The molecule has 0 saturated carbocycles. The fraction of sp³-hybridized carbons (Fsp3) is 0.250. The van der Waals surface area contributed by atoms with E-state index in [1.54, 1.807) is 33.5 Å². The summed E-state index contributed by atoms with van der Waals surface area (Å²) >= 11 is 0. The Morgan fingerprint density at radius 3 is 2.14 bits per heavy atom. The van der Waals surface area contributed by atoms with Gasteiger partial charge in [0.25, 0.3) is 0 Å². The largest absolute Gasteiger partial charge is 0.494 e. The van der Waals surface area contributed by atoms with Crippen LogP contribution < -0.4 is 29.6 Å². The smallest absolute Gasteiger partial charge is 0.249 e. The van der Waals surface area contributed by atoms with Crippen LogP contribution in [-0.2, 0) is 0 Å². The van der Waals surface area contributed by atoms with Crippen molar-refractivity contribution >= 4 is 23.1 Å². The van der Waals surface area contributed by atoms with E-state index in [9.17, 15) is 0 Å². The summed E-state index contributed by atoms with van der Waals surface area (Å²) in [6.07, 6.45) is 1.52. The minimum atomic E-state index is 0.353. The predicted octanol–water partition coefficient (Wildman–Crippen LogP) is 3.78. The molecule has 9 nitrogen and oxygen atoms in total. The van der Waals surface area contributed by atoms with Crippen LogP contribution in [0.4, 0.5) is 23.1 Å². The second-order valence-electron chi connectivity index (χ2n) is 5.79. The Kier molecular flexibility index (Phi) is 6.51. The first-order chi connectivity index (χ1) is 14.2. The monoisotopic (exact) mass is 397 g/mol. The van der Waals surface area contributed by atoms with Crippen molar-refractivity contribution in [1.82, 2.24) is 15.2 Å². The predicted molar refractivity (Wildman–Crippen MR) is 110 cm³/mol. The van der Waals surface area contributed by atoms with E-state index in [1.807, 2.05) is 31.2 Å². The van der Waals surface area contributed by atoms with Gasteiger partial charge in [-0.3, -0.25) is 0 Å². The SMILES string of the molecule is CCOc1ccc(Nc2nncc(Nc3cc(OC)c(OC)c(OC)c3)n2)cc1. The van der Waals surface area contributed by atoms with Crippen LogP contribution in [0.2, 0.25) is 0 Å². The van der Waals surface area contributed by atoms with Crippen LogP contribution in [0.15, 0.2) is 42.6 Å². The number of hydrogen-bond donors (Lipinski definition) is 2. The summed E-state index contributed by atoms with van der Waals surface area (Å²) in [5, 5.41) is 14.3. The Morgan fingerprint density at radius 2 is 1.55 bits per heavy atom. The molecular formula is C20H23N5O4. The van der Waals surface area contributed by atoms with Crippen LogP contribution in [0, 0.1) is 0 Å². The Bertz CT molecular complexity index is 925. The second-order valence-corrected chi connectivity index (χ2v) is 5.79. The minimum Gasteiger partial charge on any atom is -0.494 e. The van der Waals surface area contributed by atoms with Crippen molar-refractivity contribution in [3.05, 3.63) is 42.6 Å². The molecule has 0 aliphatic rings. The molecule has 0 spiro atoms. The second kappa shape index (κ2) is 9.45. The lowest BCUT2D eigenvalue weighted by Crippen LogP contribution is -2.03. The first kappa shape index (κ1) is 20.0. The molecule has 0 aliphatic carbocycles. The van der Waals surface area contributed by atoms with Gasteiger partial charge in [-0.05, 0) is 31.2 Å².